The molecule has 6 heteroatoms. The van der Waals surface area contributed by atoms with Gasteiger partial charge in [0.1, 0.15) is 13.2 Å². The number of carbonyl (C=O) groups is 2. The van der Waals surface area contributed by atoms with Crippen molar-refractivity contribution in [1.82, 2.24) is 10.2 Å². The van der Waals surface area contributed by atoms with Crippen LogP contribution >= 0.6 is 0 Å². The maximum absolute atomic E-state index is 12.0. The van der Waals surface area contributed by atoms with Gasteiger partial charge in [-0.2, -0.15) is 0 Å². The molecule has 6 rings (SSSR count). The smallest absolute Gasteiger partial charge is 0.410 e. The largest absolute Gasteiger partial charge is 0.461 e. The first-order valence-electron chi connectivity index (χ1n) is 14.2. The third-order valence-electron chi connectivity index (χ3n) is 7.89. The lowest BCUT2D eigenvalue weighted by molar-refractivity contribution is -0.142. The first kappa shape index (κ1) is 28.6. The van der Waals surface area contributed by atoms with Crippen molar-refractivity contribution in [1.29, 1.82) is 0 Å². The predicted octanol–water partition coefficient (Wildman–Crippen LogP) is 6.14. The van der Waals surface area contributed by atoms with Crippen molar-refractivity contribution in [3.05, 3.63) is 96.1 Å². The Hall–Kier alpha value is -3.38. The van der Waals surface area contributed by atoms with Crippen LogP contribution < -0.4 is 5.32 Å². The molecular weight excluding hydrogens is 488 g/mol. The summed E-state index contributed by atoms with van der Waals surface area (Å²) in [6.07, 6.45) is 13.8. The Morgan fingerprint density at radius 1 is 0.692 bits per heavy atom. The standard InChI is InChI=1S/C16H19NO2.C9H10O2.C8H13N/c18-16(19-12-13-6-2-1-3-7-13)17-10-14-8-4-5-9-15(14)11-17;1-8(10)11-7-9-5-3-2-4-6-9;1-2-4-8-6-9-5-7(8)3-1/h1-7,14-15H,8-12H2;2-6H,7H2,1H3;1-2,7-9H,3-6H2. The molecule has 0 spiro atoms. The fourth-order valence-corrected chi connectivity index (χ4v) is 5.61. The highest BCUT2D eigenvalue weighted by Gasteiger charge is 2.35. The van der Waals surface area contributed by atoms with Gasteiger partial charge in [0, 0.05) is 20.0 Å². The number of rotatable bonds is 4. The van der Waals surface area contributed by atoms with E-state index in [2.05, 4.69) is 29.6 Å². The van der Waals surface area contributed by atoms with Crippen LogP contribution in [0.3, 0.4) is 0 Å². The molecule has 1 amide bonds. The van der Waals surface area contributed by atoms with Gasteiger partial charge in [-0.3, -0.25) is 4.79 Å². The van der Waals surface area contributed by atoms with E-state index in [1.54, 1.807) is 0 Å². The second-order valence-electron chi connectivity index (χ2n) is 10.8. The highest BCUT2D eigenvalue weighted by atomic mass is 16.6. The van der Waals surface area contributed by atoms with E-state index in [0.717, 1.165) is 48.9 Å². The van der Waals surface area contributed by atoms with Gasteiger partial charge in [-0.1, -0.05) is 85.0 Å². The summed E-state index contributed by atoms with van der Waals surface area (Å²) in [5, 5.41) is 3.42. The number of ether oxygens (including phenoxy) is 2. The number of allylic oxidation sites excluding steroid dienone is 4. The fourth-order valence-electron chi connectivity index (χ4n) is 5.61. The number of benzene rings is 2. The van der Waals surface area contributed by atoms with Crippen LogP contribution in [0.2, 0.25) is 0 Å². The topological polar surface area (TPSA) is 67.9 Å². The van der Waals surface area contributed by atoms with Crippen LogP contribution in [0.1, 0.15) is 43.7 Å². The van der Waals surface area contributed by atoms with Crippen LogP contribution in [0.25, 0.3) is 0 Å². The summed E-state index contributed by atoms with van der Waals surface area (Å²) in [7, 11) is 0. The second kappa shape index (κ2) is 15.3. The van der Waals surface area contributed by atoms with E-state index in [4.69, 9.17) is 9.47 Å². The van der Waals surface area contributed by atoms with Crippen molar-refractivity contribution < 1.29 is 19.1 Å². The average molecular weight is 531 g/mol. The van der Waals surface area contributed by atoms with Crippen molar-refractivity contribution in [2.75, 3.05) is 26.2 Å². The highest BCUT2D eigenvalue weighted by molar-refractivity contribution is 5.68. The summed E-state index contributed by atoms with van der Waals surface area (Å²) >= 11 is 0. The Morgan fingerprint density at radius 2 is 1.13 bits per heavy atom. The summed E-state index contributed by atoms with van der Waals surface area (Å²) in [6.45, 7) is 6.36. The molecule has 4 aliphatic rings. The summed E-state index contributed by atoms with van der Waals surface area (Å²) in [4.78, 5) is 24.3. The van der Waals surface area contributed by atoms with Crippen LogP contribution in [-0.2, 0) is 27.5 Å². The number of nitrogens with one attached hydrogen (secondary N) is 1. The molecule has 2 saturated heterocycles. The van der Waals surface area contributed by atoms with E-state index >= 15 is 0 Å². The van der Waals surface area contributed by atoms with E-state index in [0.29, 0.717) is 25.0 Å². The molecule has 2 aliphatic carbocycles. The zero-order valence-corrected chi connectivity index (χ0v) is 23.0. The van der Waals surface area contributed by atoms with Gasteiger partial charge in [-0.05, 0) is 73.6 Å². The zero-order valence-electron chi connectivity index (χ0n) is 23.0. The molecule has 2 heterocycles. The van der Waals surface area contributed by atoms with Gasteiger partial charge in [0.2, 0.25) is 0 Å². The Balaban J connectivity index is 0.000000149. The fraction of sp³-hybridized carbons (Fsp3) is 0.455. The van der Waals surface area contributed by atoms with Crippen molar-refractivity contribution in [2.45, 2.75) is 45.8 Å². The predicted molar refractivity (Wildman–Crippen MR) is 154 cm³/mol. The molecule has 2 aromatic carbocycles. The summed E-state index contributed by atoms with van der Waals surface area (Å²) in [5.41, 5.74) is 2.05. The van der Waals surface area contributed by atoms with Gasteiger partial charge in [0.25, 0.3) is 0 Å². The maximum atomic E-state index is 12.0. The number of esters is 1. The second-order valence-corrected chi connectivity index (χ2v) is 10.8. The molecule has 0 radical (unpaired) electrons. The first-order chi connectivity index (χ1) is 19.1. The van der Waals surface area contributed by atoms with Gasteiger partial charge in [-0.15, -0.1) is 0 Å². The lowest BCUT2D eigenvalue weighted by Gasteiger charge is -2.18. The molecule has 4 unspecified atom stereocenters. The molecule has 0 bridgehead atoms. The number of likely N-dealkylation sites (tertiary alicyclic amines) is 1. The van der Waals surface area contributed by atoms with Crippen LogP contribution in [0.4, 0.5) is 4.79 Å². The maximum Gasteiger partial charge on any atom is 0.410 e. The van der Waals surface area contributed by atoms with Crippen LogP contribution in [0.5, 0.6) is 0 Å². The van der Waals surface area contributed by atoms with Crippen molar-refractivity contribution >= 4 is 12.1 Å². The van der Waals surface area contributed by atoms with Crippen molar-refractivity contribution in [3.63, 3.8) is 0 Å². The number of hydrogen-bond acceptors (Lipinski definition) is 5. The van der Waals surface area contributed by atoms with Crippen molar-refractivity contribution in [3.8, 4) is 0 Å². The van der Waals surface area contributed by atoms with Crippen molar-refractivity contribution in [2.24, 2.45) is 23.7 Å². The number of nitrogens with zero attached hydrogens (tertiary/aromatic N) is 1. The third-order valence-corrected chi connectivity index (χ3v) is 7.89. The Morgan fingerprint density at radius 3 is 1.59 bits per heavy atom. The SMILES string of the molecule is C1=CCC2CNCC2C1.CC(=O)OCc1ccccc1.O=C(OCc1ccccc1)N1CC2CC=CCC2C1. The minimum Gasteiger partial charge on any atom is -0.461 e. The quantitative estimate of drug-likeness (QED) is 0.380. The third kappa shape index (κ3) is 9.39. The molecule has 1 N–H and O–H groups in total. The van der Waals surface area contributed by atoms with Gasteiger partial charge < -0.3 is 19.7 Å². The molecule has 2 fully saturated rings. The molecule has 2 aromatic rings. The van der Waals surface area contributed by atoms with E-state index < -0.39 is 0 Å². The zero-order chi connectivity index (χ0) is 27.3. The van der Waals surface area contributed by atoms with Gasteiger partial charge in [0.15, 0.2) is 0 Å². The van der Waals surface area contributed by atoms with E-state index in [-0.39, 0.29) is 12.1 Å². The Kier molecular flexibility index (Phi) is 11.2. The minimum atomic E-state index is -0.242. The number of carbonyl (C=O) groups excluding carboxylic acids is 2. The Bertz CT molecular complexity index is 1060. The summed E-state index contributed by atoms with van der Waals surface area (Å²) < 4.78 is 10.2. The monoisotopic (exact) mass is 530 g/mol. The lowest BCUT2D eigenvalue weighted by atomic mass is 9.86. The van der Waals surface area contributed by atoms with Crippen LogP contribution in [-0.4, -0.2) is 43.1 Å². The minimum absolute atomic E-state index is 0.168. The van der Waals surface area contributed by atoms with E-state index in [1.165, 1.54) is 32.9 Å². The number of amides is 1. The molecule has 0 saturated carbocycles. The van der Waals surface area contributed by atoms with Gasteiger partial charge >= 0.3 is 12.1 Å². The average Bonchev–Trinajstić information content (AvgIpc) is 3.64. The lowest BCUT2D eigenvalue weighted by Crippen LogP contribution is -2.29. The van der Waals surface area contributed by atoms with Crippen LogP contribution in [0, 0.1) is 23.7 Å². The molecule has 208 valence electrons. The highest BCUT2D eigenvalue weighted by Crippen LogP contribution is 2.33. The number of fused-ring (bicyclic) bond motifs is 2. The van der Waals surface area contributed by atoms with E-state index in [1.807, 2.05) is 65.6 Å². The molecule has 4 atom stereocenters. The molecule has 39 heavy (non-hydrogen) atoms. The normalized spacial score (nSPS) is 24.3. The number of hydrogen-bond donors (Lipinski definition) is 1. The molecule has 0 aromatic heterocycles. The molecule has 6 nitrogen and oxygen atoms in total. The van der Waals surface area contributed by atoms with Gasteiger partial charge in [0.05, 0.1) is 0 Å². The summed E-state index contributed by atoms with van der Waals surface area (Å²) in [6, 6.07) is 19.4. The Labute approximate surface area is 233 Å². The van der Waals surface area contributed by atoms with E-state index in [9.17, 15) is 9.59 Å². The van der Waals surface area contributed by atoms with Crippen LogP contribution in [0.15, 0.2) is 85.0 Å². The molecule has 2 aliphatic heterocycles. The first-order valence-corrected chi connectivity index (χ1v) is 14.2. The van der Waals surface area contributed by atoms with Gasteiger partial charge in [-0.25, -0.2) is 4.79 Å². The summed E-state index contributed by atoms with van der Waals surface area (Å²) in [5.74, 6) is 2.96. The molecular formula is C33H42N2O4.